The zero-order valence-electron chi connectivity index (χ0n) is 9.51. The van der Waals surface area contributed by atoms with Crippen LogP contribution < -0.4 is 5.32 Å². The molecular formula is C12H18ClNO. The van der Waals surface area contributed by atoms with Crippen LogP contribution in [0.1, 0.15) is 33.0 Å². The van der Waals surface area contributed by atoms with E-state index in [0.29, 0.717) is 11.3 Å². The number of nitrogens with one attached hydrogen (secondary N) is 1. The summed E-state index contributed by atoms with van der Waals surface area (Å²) >= 11 is 5.70. The molecule has 1 unspecified atom stereocenters. The highest BCUT2D eigenvalue weighted by atomic mass is 35.5. The zero-order chi connectivity index (χ0) is 11.3. The van der Waals surface area contributed by atoms with E-state index in [1.807, 2.05) is 12.1 Å². The minimum absolute atomic E-state index is 0.369. The Morgan fingerprint density at radius 2 is 2.33 bits per heavy atom. The van der Waals surface area contributed by atoms with Crippen LogP contribution in [0.5, 0.6) is 0 Å². The summed E-state index contributed by atoms with van der Waals surface area (Å²) in [6.45, 7) is 7.42. The van der Waals surface area contributed by atoms with Gasteiger partial charge in [0.1, 0.15) is 5.76 Å². The molecule has 0 fully saturated rings. The maximum Gasteiger partial charge on any atom is 0.193 e. The molecule has 0 amide bonds. The van der Waals surface area contributed by atoms with Crippen molar-refractivity contribution in [3.63, 3.8) is 0 Å². The number of hydrogen-bond donors (Lipinski definition) is 1. The van der Waals surface area contributed by atoms with Crippen LogP contribution >= 0.6 is 11.6 Å². The Labute approximate surface area is 96.3 Å². The van der Waals surface area contributed by atoms with Crippen LogP contribution in [-0.2, 0) is 0 Å². The molecule has 0 saturated carbocycles. The van der Waals surface area contributed by atoms with Crippen LogP contribution in [0.25, 0.3) is 6.08 Å². The first-order valence-electron chi connectivity index (χ1n) is 5.30. The first kappa shape index (κ1) is 12.3. The topological polar surface area (TPSA) is 25.2 Å². The molecule has 1 heterocycles. The van der Waals surface area contributed by atoms with Crippen LogP contribution in [0, 0.1) is 0 Å². The van der Waals surface area contributed by atoms with E-state index in [-0.39, 0.29) is 0 Å². The Morgan fingerprint density at radius 1 is 1.60 bits per heavy atom. The van der Waals surface area contributed by atoms with Crippen molar-refractivity contribution in [3.05, 3.63) is 28.7 Å². The molecule has 2 nitrogen and oxygen atoms in total. The van der Waals surface area contributed by atoms with Gasteiger partial charge in [-0.05, 0) is 56.6 Å². The van der Waals surface area contributed by atoms with Gasteiger partial charge in [-0.3, -0.25) is 0 Å². The third-order valence-corrected chi connectivity index (χ3v) is 2.55. The second kappa shape index (κ2) is 5.99. The molecule has 1 rings (SSSR count). The first-order chi connectivity index (χ1) is 7.13. The van der Waals surface area contributed by atoms with E-state index >= 15 is 0 Å². The second-order valence-electron chi connectivity index (χ2n) is 3.71. The van der Waals surface area contributed by atoms with E-state index in [9.17, 15) is 0 Å². The van der Waals surface area contributed by atoms with Crippen molar-refractivity contribution in [1.29, 1.82) is 0 Å². The largest absolute Gasteiger partial charge is 0.445 e. The molecule has 1 aromatic heterocycles. The van der Waals surface area contributed by atoms with Crippen molar-refractivity contribution in [1.82, 2.24) is 5.32 Å². The molecule has 1 aromatic rings. The molecule has 0 aliphatic carbocycles. The Kier molecular flexibility index (Phi) is 4.92. The van der Waals surface area contributed by atoms with Gasteiger partial charge < -0.3 is 9.73 Å². The van der Waals surface area contributed by atoms with Gasteiger partial charge in [0.2, 0.25) is 0 Å². The molecule has 0 aromatic carbocycles. The predicted octanol–water partition coefficient (Wildman–Crippen LogP) is 3.72. The van der Waals surface area contributed by atoms with E-state index in [2.05, 4.69) is 26.1 Å². The van der Waals surface area contributed by atoms with Gasteiger partial charge in [-0.25, -0.2) is 0 Å². The lowest BCUT2D eigenvalue weighted by Gasteiger charge is -2.13. The van der Waals surface area contributed by atoms with Crippen molar-refractivity contribution >= 4 is 17.7 Å². The van der Waals surface area contributed by atoms with Crippen molar-refractivity contribution < 1.29 is 4.42 Å². The summed E-state index contributed by atoms with van der Waals surface area (Å²) in [5, 5.41) is 3.85. The van der Waals surface area contributed by atoms with Crippen LogP contribution in [-0.4, -0.2) is 12.6 Å². The molecule has 15 heavy (non-hydrogen) atoms. The van der Waals surface area contributed by atoms with Crippen LogP contribution in [0.15, 0.2) is 22.1 Å². The molecule has 84 valence electrons. The van der Waals surface area contributed by atoms with Crippen LogP contribution in [0.3, 0.4) is 0 Å². The Bertz CT molecular complexity index is 330. The lowest BCUT2D eigenvalue weighted by Crippen LogP contribution is -2.27. The zero-order valence-corrected chi connectivity index (χ0v) is 10.3. The summed E-state index contributed by atoms with van der Waals surface area (Å²) in [4.78, 5) is 0. The first-order valence-corrected chi connectivity index (χ1v) is 5.68. The molecule has 3 heteroatoms. The number of halogens is 1. The molecule has 0 spiro atoms. The Balaban J connectivity index is 2.58. The summed E-state index contributed by atoms with van der Waals surface area (Å²) in [5.41, 5.74) is 1.24. The minimum atomic E-state index is 0.369. The molecular weight excluding hydrogens is 210 g/mol. The molecule has 1 N–H and O–H groups in total. The Morgan fingerprint density at radius 3 is 2.87 bits per heavy atom. The van der Waals surface area contributed by atoms with E-state index in [4.69, 9.17) is 16.0 Å². The highest BCUT2D eigenvalue weighted by Gasteiger charge is 2.04. The molecule has 0 saturated heterocycles. The maximum atomic E-state index is 5.70. The van der Waals surface area contributed by atoms with Crippen molar-refractivity contribution in [2.24, 2.45) is 0 Å². The molecule has 0 bridgehead atoms. The van der Waals surface area contributed by atoms with Crippen molar-refractivity contribution in [3.8, 4) is 0 Å². The SMILES string of the molecule is CCCNC(C)/C(C)=C/c1ccc(Cl)o1. The van der Waals surface area contributed by atoms with E-state index in [1.54, 1.807) is 6.07 Å². The Hall–Kier alpha value is -0.730. The normalized spacial score (nSPS) is 14.3. The van der Waals surface area contributed by atoms with Crippen molar-refractivity contribution in [2.45, 2.75) is 33.2 Å². The average molecular weight is 228 g/mol. The van der Waals surface area contributed by atoms with E-state index in [1.165, 1.54) is 5.57 Å². The van der Waals surface area contributed by atoms with Crippen LogP contribution in [0.2, 0.25) is 5.22 Å². The van der Waals surface area contributed by atoms with Crippen LogP contribution in [0.4, 0.5) is 0 Å². The van der Waals surface area contributed by atoms with Gasteiger partial charge in [0.15, 0.2) is 5.22 Å². The molecule has 0 aliphatic heterocycles. The molecule has 0 radical (unpaired) electrons. The summed E-state index contributed by atoms with van der Waals surface area (Å²) < 4.78 is 5.27. The predicted molar refractivity (Wildman–Crippen MR) is 65.1 cm³/mol. The summed E-state index contributed by atoms with van der Waals surface area (Å²) in [7, 11) is 0. The molecule has 1 atom stereocenters. The maximum absolute atomic E-state index is 5.70. The summed E-state index contributed by atoms with van der Waals surface area (Å²) in [6, 6.07) is 4.00. The number of rotatable bonds is 5. The number of hydrogen-bond acceptors (Lipinski definition) is 2. The standard InChI is InChI=1S/C12H18ClNO/c1-4-7-14-10(3)9(2)8-11-5-6-12(13)15-11/h5-6,8,10,14H,4,7H2,1-3H3/b9-8+. The van der Waals surface area contributed by atoms with Gasteiger partial charge in [0.25, 0.3) is 0 Å². The monoisotopic (exact) mass is 227 g/mol. The number of furan rings is 1. The van der Waals surface area contributed by atoms with E-state index in [0.717, 1.165) is 18.7 Å². The summed E-state index contributed by atoms with van der Waals surface area (Å²) in [6.07, 6.45) is 3.16. The average Bonchev–Trinajstić information content (AvgIpc) is 2.60. The summed E-state index contributed by atoms with van der Waals surface area (Å²) in [5.74, 6) is 0.808. The lowest BCUT2D eigenvalue weighted by atomic mass is 10.1. The third kappa shape index (κ3) is 4.10. The van der Waals surface area contributed by atoms with Gasteiger partial charge in [-0.1, -0.05) is 12.5 Å². The fourth-order valence-electron chi connectivity index (χ4n) is 1.28. The van der Waals surface area contributed by atoms with Gasteiger partial charge in [0, 0.05) is 6.04 Å². The van der Waals surface area contributed by atoms with Crippen molar-refractivity contribution in [2.75, 3.05) is 6.54 Å². The fourth-order valence-corrected chi connectivity index (χ4v) is 1.43. The second-order valence-corrected chi connectivity index (χ2v) is 4.08. The fraction of sp³-hybridized carbons (Fsp3) is 0.500. The van der Waals surface area contributed by atoms with Gasteiger partial charge in [0.05, 0.1) is 0 Å². The van der Waals surface area contributed by atoms with Gasteiger partial charge in [-0.15, -0.1) is 0 Å². The highest BCUT2D eigenvalue weighted by Crippen LogP contribution is 2.16. The highest BCUT2D eigenvalue weighted by molar-refractivity contribution is 6.28. The van der Waals surface area contributed by atoms with E-state index < -0.39 is 0 Å². The van der Waals surface area contributed by atoms with Gasteiger partial charge in [-0.2, -0.15) is 0 Å². The molecule has 0 aliphatic rings. The smallest absolute Gasteiger partial charge is 0.193 e. The minimum Gasteiger partial charge on any atom is -0.445 e. The lowest BCUT2D eigenvalue weighted by molar-refractivity contribution is 0.555. The third-order valence-electron chi connectivity index (χ3n) is 2.35. The van der Waals surface area contributed by atoms with Gasteiger partial charge >= 0.3 is 0 Å². The quantitative estimate of drug-likeness (QED) is 0.830.